The van der Waals surface area contributed by atoms with Gasteiger partial charge in [0.05, 0.1) is 10.5 Å². The molecular weight excluding hydrogens is 527 g/mol. The van der Waals surface area contributed by atoms with Crippen molar-refractivity contribution >= 4 is 45.5 Å². The summed E-state index contributed by atoms with van der Waals surface area (Å²) >= 11 is 0.121. The Morgan fingerprint density at radius 1 is 1.16 bits per heavy atom. The van der Waals surface area contributed by atoms with Crippen LogP contribution in [0.3, 0.4) is 0 Å². The summed E-state index contributed by atoms with van der Waals surface area (Å²) in [5, 5.41) is 21.8. The van der Waals surface area contributed by atoms with Crippen LogP contribution in [0.25, 0.3) is 6.08 Å². The minimum absolute atomic E-state index is 0.0199. The van der Waals surface area contributed by atoms with Gasteiger partial charge in [-0.25, -0.2) is 0 Å². The number of benzene rings is 2. The van der Waals surface area contributed by atoms with Crippen LogP contribution in [0, 0.1) is 15.5 Å². The lowest BCUT2D eigenvalue weighted by molar-refractivity contribution is -0.384. The van der Waals surface area contributed by atoms with Gasteiger partial charge in [0.15, 0.2) is 5.84 Å². The number of fused-ring (bicyclic) bond motifs is 1. The summed E-state index contributed by atoms with van der Waals surface area (Å²) in [6.45, 7) is 3.85. The number of ether oxygens (including phenoxy) is 2. The van der Waals surface area contributed by atoms with Crippen molar-refractivity contribution in [3.63, 3.8) is 0 Å². The van der Waals surface area contributed by atoms with Crippen molar-refractivity contribution in [1.29, 1.82) is 5.41 Å². The van der Waals surface area contributed by atoms with E-state index >= 15 is 0 Å². The molecule has 0 aliphatic carbocycles. The third-order valence-corrected chi connectivity index (χ3v) is 6.09. The molecule has 2 aliphatic heterocycles. The second-order valence-corrected chi connectivity index (χ2v) is 8.66. The molecule has 1 N–H and O–H groups in total. The van der Waals surface area contributed by atoms with E-state index < -0.39 is 38.6 Å². The molecule has 2 aromatic carbocycles. The van der Waals surface area contributed by atoms with Crippen LogP contribution < -0.4 is 9.47 Å². The lowest BCUT2D eigenvalue weighted by atomic mass is 10.1. The largest absolute Gasteiger partial charge is 0.490 e. The summed E-state index contributed by atoms with van der Waals surface area (Å²) in [4.78, 5) is 26.8. The smallest absolute Gasteiger partial charge is 0.441 e. The average Bonchev–Trinajstić information content (AvgIpc) is 3.31. The third-order valence-electron chi connectivity index (χ3n) is 5.14. The van der Waals surface area contributed by atoms with E-state index in [1.54, 1.807) is 12.1 Å². The predicted octanol–water partition coefficient (Wildman–Crippen LogP) is 4.96. The number of thioether (sulfide) groups is 1. The topological polar surface area (TPSA) is 130 Å². The normalized spacial score (nSPS) is 16.2. The van der Waals surface area contributed by atoms with Crippen LogP contribution in [0.1, 0.15) is 11.1 Å². The van der Waals surface area contributed by atoms with Crippen LogP contribution in [0.2, 0.25) is 0 Å². The number of halogens is 3. The number of nitro groups is 1. The Balaban J connectivity index is 1.56. The molecule has 10 nitrogen and oxygen atoms in total. The number of amidine groups is 2. The molecule has 0 saturated heterocycles. The van der Waals surface area contributed by atoms with Gasteiger partial charge in [-0.1, -0.05) is 24.3 Å². The number of non-ortho nitro benzene ring substituents is 1. The Hall–Kier alpha value is -4.46. The summed E-state index contributed by atoms with van der Waals surface area (Å²) in [7, 11) is 0. The third kappa shape index (κ3) is 5.75. The number of allylic oxidation sites excluding steroid dienone is 1. The molecule has 0 bridgehead atoms. The minimum Gasteiger partial charge on any atom is -0.490 e. The van der Waals surface area contributed by atoms with E-state index in [0.29, 0.717) is 17.2 Å². The first kappa shape index (κ1) is 26.6. The van der Waals surface area contributed by atoms with Crippen LogP contribution in [0.4, 0.5) is 18.9 Å². The van der Waals surface area contributed by atoms with Crippen LogP contribution in [0.15, 0.2) is 70.8 Å². The van der Waals surface area contributed by atoms with Gasteiger partial charge in [-0.2, -0.15) is 28.3 Å². The molecule has 0 spiro atoms. The molecule has 196 valence electrons. The number of rotatable bonds is 9. The molecule has 38 heavy (non-hydrogen) atoms. The summed E-state index contributed by atoms with van der Waals surface area (Å²) in [6.07, 6.45) is -1.35. The van der Waals surface area contributed by atoms with E-state index in [1.807, 2.05) is 18.2 Å². The highest BCUT2D eigenvalue weighted by Crippen LogP contribution is 2.36. The molecule has 2 heterocycles. The number of nitro benzene ring substituents is 1. The number of nitrogens with one attached hydrogen (secondary N) is 1. The zero-order valence-electron chi connectivity index (χ0n) is 19.4. The molecule has 0 radical (unpaired) electrons. The first-order valence-corrected chi connectivity index (χ1v) is 11.7. The lowest BCUT2D eigenvalue weighted by Crippen LogP contribution is -2.35. The number of carbonyl (C=O) groups excluding carboxylic acids is 1. The highest BCUT2D eigenvalue weighted by molar-refractivity contribution is 8.27. The fourth-order valence-corrected chi connectivity index (χ4v) is 4.19. The molecule has 0 aromatic heterocycles. The monoisotopic (exact) mass is 545 g/mol. The highest BCUT2D eigenvalue weighted by atomic mass is 32.2. The molecule has 0 saturated carbocycles. The van der Waals surface area contributed by atoms with Crippen molar-refractivity contribution < 1.29 is 32.4 Å². The van der Waals surface area contributed by atoms with Gasteiger partial charge in [0.2, 0.25) is 10.2 Å². The number of carbonyl (C=O) groups is 1. The standard InChI is InChI=1S/C24H18F3N5O5S/c1-2-5-14-6-3-4-7-18(14)36-10-11-37-19-9-8-16(32(34)35)12-15(19)13-17-20(28)31-23(29-21(17)33)38-22(30-31)24(25,26)27/h2-4,6-9,12-13,28H,1,5,10-11H2/b17-13+,28-20?. The van der Waals surface area contributed by atoms with Crippen molar-refractivity contribution in [2.75, 3.05) is 13.2 Å². The Morgan fingerprint density at radius 2 is 1.87 bits per heavy atom. The van der Waals surface area contributed by atoms with Crippen molar-refractivity contribution in [3.8, 4) is 11.5 Å². The van der Waals surface area contributed by atoms with Crippen LogP contribution in [-0.4, -0.2) is 51.3 Å². The predicted molar refractivity (Wildman–Crippen MR) is 135 cm³/mol. The SMILES string of the molecule is C=CCc1ccccc1OCCOc1ccc([N+](=O)[O-])cc1/C=C1\C(=N)N2N=C(C(F)(F)F)SC2=NC1=O. The molecular formula is C24H18F3N5O5S. The summed E-state index contributed by atoms with van der Waals surface area (Å²) < 4.78 is 50.7. The fourth-order valence-electron chi connectivity index (χ4n) is 3.43. The van der Waals surface area contributed by atoms with Gasteiger partial charge >= 0.3 is 6.18 Å². The van der Waals surface area contributed by atoms with E-state index in [9.17, 15) is 28.1 Å². The van der Waals surface area contributed by atoms with Crippen molar-refractivity contribution in [2.24, 2.45) is 10.1 Å². The molecule has 2 aromatic rings. The van der Waals surface area contributed by atoms with Crippen LogP contribution >= 0.6 is 11.8 Å². The molecule has 0 atom stereocenters. The molecule has 0 fully saturated rings. The zero-order chi connectivity index (χ0) is 27.4. The van der Waals surface area contributed by atoms with Gasteiger partial charge in [0, 0.05) is 17.7 Å². The second-order valence-electron chi connectivity index (χ2n) is 7.70. The molecule has 14 heteroatoms. The molecule has 4 rings (SSSR count). The Labute approximate surface area is 217 Å². The number of hydrogen-bond donors (Lipinski definition) is 1. The number of amides is 1. The molecule has 0 unspecified atom stereocenters. The van der Waals surface area contributed by atoms with Gasteiger partial charge < -0.3 is 9.47 Å². The minimum atomic E-state index is -4.78. The van der Waals surface area contributed by atoms with E-state index in [4.69, 9.17) is 14.9 Å². The van der Waals surface area contributed by atoms with E-state index in [1.165, 1.54) is 12.1 Å². The number of aliphatic imine (C=N–C) groups is 1. The summed E-state index contributed by atoms with van der Waals surface area (Å²) in [5.41, 5.74) is 0.229. The second kappa shape index (κ2) is 10.9. The Kier molecular flexibility index (Phi) is 7.62. The van der Waals surface area contributed by atoms with Crippen molar-refractivity contribution in [1.82, 2.24) is 5.01 Å². The first-order valence-electron chi connectivity index (χ1n) is 10.9. The van der Waals surface area contributed by atoms with Gasteiger partial charge in [-0.05, 0) is 42.0 Å². The van der Waals surface area contributed by atoms with Gasteiger partial charge in [0.25, 0.3) is 11.6 Å². The van der Waals surface area contributed by atoms with E-state index in [2.05, 4.69) is 16.7 Å². The molecule has 2 aliphatic rings. The fraction of sp³-hybridized carbons (Fsp3) is 0.167. The molecule has 1 amide bonds. The van der Waals surface area contributed by atoms with Crippen LogP contribution in [0.5, 0.6) is 11.5 Å². The number of hydrazone groups is 1. The van der Waals surface area contributed by atoms with Crippen molar-refractivity contribution in [2.45, 2.75) is 12.6 Å². The number of nitrogens with zero attached hydrogens (tertiary/aromatic N) is 4. The maximum absolute atomic E-state index is 13.1. The quantitative estimate of drug-likeness (QED) is 0.155. The van der Waals surface area contributed by atoms with Crippen LogP contribution in [-0.2, 0) is 11.2 Å². The first-order chi connectivity index (χ1) is 18.1. The van der Waals surface area contributed by atoms with Gasteiger partial charge in [0.1, 0.15) is 24.7 Å². The lowest BCUT2D eigenvalue weighted by Gasteiger charge is -2.20. The average molecular weight is 545 g/mol. The van der Waals surface area contributed by atoms with E-state index in [0.717, 1.165) is 17.7 Å². The summed E-state index contributed by atoms with van der Waals surface area (Å²) in [5.74, 6) is -0.894. The number of alkyl halides is 3. The highest BCUT2D eigenvalue weighted by Gasteiger charge is 2.46. The number of hydrogen-bond acceptors (Lipinski definition) is 8. The van der Waals surface area contributed by atoms with Gasteiger partial charge in [-0.3, -0.25) is 20.3 Å². The maximum Gasteiger partial charge on any atom is 0.441 e. The summed E-state index contributed by atoms with van der Waals surface area (Å²) in [6, 6.07) is 11.0. The van der Waals surface area contributed by atoms with Crippen molar-refractivity contribution in [3.05, 3.63) is 81.9 Å². The van der Waals surface area contributed by atoms with E-state index in [-0.39, 0.29) is 42.0 Å². The maximum atomic E-state index is 13.1. The Morgan fingerprint density at radius 3 is 2.55 bits per heavy atom. The van der Waals surface area contributed by atoms with Gasteiger partial charge in [-0.15, -0.1) is 6.58 Å². The zero-order valence-corrected chi connectivity index (χ0v) is 20.2. The Bertz CT molecular complexity index is 1420. The number of para-hydroxylation sites is 1.